The van der Waals surface area contributed by atoms with Crippen molar-refractivity contribution in [2.45, 2.75) is 180 Å². The standard InChI is InChI=1S/C44H78NO9P/c1-3-5-7-9-11-13-15-17-18-19-20-21-22-23-25-27-29-31-33-35-37-51-38-41(39-52-55(49,50)53-40-42(45)44(47)48)54-43(46)36-34-32-30-28-26-24-16-14-12-10-8-6-4-2/h8,10-11,13-14,16-18,20-21,41-42H,3-7,9,12,15,19,22-40,45H2,1-2H3,(H,47,48)(H,49,50)/b10-8-,13-11-,16-14-,18-17-,21-20-. The first kappa shape index (κ1) is 52.7. The van der Waals surface area contributed by atoms with E-state index in [9.17, 15) is 19.0 Å². The molecule has 0 aromatic carbocycles. The van der Waals surface area contributed by atoms with Gasteiger partial charge in [-0.25, -0.2) is 4.57 Å². The summed E-state index contributed by atoms with van der Waals surface area (Å²) in [7, 11) is -4.62. The van der Waals surface area contributed by atoms with Crippen LogP contribution in [0.5, 0.6) is 0 Å². The molecule has 0 aromatic rings. The van der Waals surface area contributed by atoms with Crippen LogP contribution in [-0.2, 0) is 32.7 Å². The normalized spacial score (nSPS) is 14.5. The lowest BCUT2D eigenvalue weighted by Crippen LogP contribution is -2.34. The largest absolute Gasteiger partial charge is 0.480 e. The van der Waals surface area contributed by atoms with Gasteiger partial charge in [0, 0.05) is 13.0 Å². The number of aliphatic carboxylic acids is 1. The minimum Gasteiger partial charge on any atom is -0.480 e. The van der Waals surface area contributed by atoms with Gasteiger partial charge in [-0.2, -0.15) is 0 Å². The highest BCUT2D eigenvalue weighted by Gasteiger charge is 2.27. The van der Waals surface area contributed by atoms with Crippen LogP contribution < -0.4 is 5.73 Å². The Balaban J connectivity index is 4.27. The van der Waals surface area contributed by atoms with Crippen molar-refractivity contribution in [3.63, 3.8) is 0 Å². The molecule has 0 heterocycles. The summed E-state index contributed by atoms with van der Waals surface area (Å²) in [6, 6.07) is -1.48. The third-order valence-electron chi connectivity index (χ3n) is 8.75. The van der Waals surface area contributed by atoms with Gasteiger partial charge in [0.05, 0.1) is 19.8 Å². The second-order valence-corrected chi connectivity index (χ2v) is 15.6. The van der Waals surface area contributed by atoms with E-state index in [0.717, 1.165) is 83.5 Å². The Morgan fingerprint density at radius 2 is 1.04 bits per heavy atom. The molecule has 0 saturated heterocycles. The number of esters is 1. The number of carbonyl (C=O) groups is 2. The monoisotopic (exact) mass is 796 g/mol. The summed E-state index contributed by atoms with van der Waals surface area (Å²) in [6.45, 7) is 3.73. The van der Waals surface area contributed by atoms with Crippen LogP contribution in [0.1, 0.15) is 168 Å². The van der Waals surface area contributed by atoms with Gasteiger partial charge in [0.25, 0.3) is 0 Å². The fourth-order valence-corrected chi connectivity index (χ4v) is 6.19. The van der Waals surface area contributed by atoms with Gasteiger partial charge in [-0.1, -0.05) is 145 Å². The van der Waals surface area contributed by atoms with Gasteiger partial charge in [-0.05, 0) is 77.0 Å². The molecule has 3 unspecified atom stereocenters. The Kier molecular flexibility index (Phi) is 38.2. The van der Waals surface area contributed by atoms with Gasteiger partial charge in [0.2, 0.25) is 0 Å². The molecule has 0 fully saturated rings. The predicted molar refractivity (Wildman–Crippen MR) is 226 cm³/mol. The predicted octanol–water partition coefficient (Wildman–Crippen LogP) is 11.6. The smallest absolute Gasteiger partial charge is 0.472 e. The number of unbranched alkanes of at least 4 members (excludes halogenated alkanes) is 16. The summed E-state index contributed by atoms with van der Waals surface area (Å²) < 4.78 is 33.3. The highest BCUT2D eigenvalue weighted by molar-refractivity contribution is 7.47. The third-order valence-corrected chi connectivity index (χ3v) is 9.70. The zero-order valence-electron chi connectivity index (χ0n) is 34.5. The number of allylic oxidation sites excluding steroid dienone is 10. The number of carboxylic acid groups (broad SMARTS) is 1. The molecule has 10 nitrogen and oxygen atoms in total. The zero-order chi connectivity index (χ0) is 40.5. The van der Waals surface area contributed by atoms with E-state index in [4.69, 9.17) is 29.4 Å². The number of phosphoric ester groups is 1. The molecule has 0 aliphatic heterocycles. The van der Waals surface area contributed by atoms with Crippen LogP contribution in [-0.4, -0.2) is 60.5 Å². The molecule has 11 heteroatoms. The molecule has 318 valence electrons. The maximum Gasteiger partial charge on any atom is 0.472 e. The van der Waals surface area contributed by atoms with E-state index in [1.807, 2.05) is 0 Å². The molecule has 55 heavy (non-hydrogen) atoms. The third kappa shape index (κ3) is 39.7. The van der Waals surface area contributed by atoms with Crippen molar-refractivity contribution in [3.8, 4) is 0 Å². The second kappa shape index (κ2) is 39.9. The van der Waals surface area contributed by atoms with Crippen LogP contribution >= 0.6 is 7.82 Å². The lowest BCUT2D eigenvalue weighted by atomic mass is 10.1. The summed E-state index contributed by atoms with van der Waals surface area (Å²) in [6.07, 6.45) is 47.0. The SMILES string of the molecule is CCC/C=C\C/C=C\CCCCCCCC(=O)OC(COCCCCCCCCC/C=C\C/C=C\C/C=C\CCCCC)COP(=O)(O)OCC(N)C(=O)O. The van der Waals surface area contributed by atoms with Crippen molar-refractivity contribution in [3.05, 3.63) is 60.8 Å². The van der Waals surface area contributed by atoms with Crippen molar-refractivity contribution in [2.75, 3.05) is 26.4 Å². The Morgan fingerprint density at radius 3 is 1.56 bits per heavy atom. The fraction of sp³-hybridized carbons (Fsp3) is 0.727. The van der Waals surface area contributed by atoms with E-state index in [0.29, 0.717) is 13.0 Å². The van der Waals surface area contributed by atoms with Crippen LogP contribution in [0.3, 0.4) is 0 Å². The fourth-order valence-electron chi connectivity index (χ4n) is 5.41. The number of carboxylic acids is 1. The second-order valence-electron chi connectivity index (χ2n) is 14.1. The molecule has 0 radical (unpaired) electrons. The average Bonchev–Trinajstić information content (AvgIpc) is 3.16. The van der Waals surface area contributed by atoms with Gasteiger partial charge in [-0.15, -0.1) is 0 Å². The average molecular weight is 796 g/mol. The number of phosphoric acid groups is 1. The van der Waals surface area contributed by atoms with Gasteiger partial charge in [0.15, 0.2) is 0 Å². The van der Waals surface area contributed by atoms with Gasteiger partial charge >= 0.3 is 19.8 Å². The van der Waals surface area contributed by atoms with E-state index >= 15 is 0 Å². The van der Waals surface area contributed by atoms with Gasteiger partial charge in [0.1, 0.15) is 12.1 Å². The summed E-state index contributed by atoms with van der Waals surface area (Å²) >= 11 is 0. The molecular formula is C44H78NO9P. The molecule has 0 aliphatic carbocycles. The molecule has 0 aliphatic rings. The summed E-state index contributed by atoms with van der Waals surface area (Å²) in [5.41, 5.74) is 5.35. The van der Waals surface area contributed by atoms with Crippen LogP contribution in [0, 0.1) is 0 Å². The quantitative estimate of drug-likeness (QED) is 0.0236. The minimum atomic E-state index is -4.62. The van der Waals surface area contributed by atoms with Crippen molar-refractivity contribution in [2.24, 2.45) is 5.73 Å². The number of hydrogen-bond donors (Lipinski definition) is 3. The van der Waals surface area contributed by atoms with Crippen molar-refractivity contribution in [1.29, 1.82) is 0 Å². The molecule has 0 rings (SSSR count). The number of carbonyl (C=O) groups excluding carboxylic acids is 1. The number of rotatable bonds is 40. The lowest BCUT2D eigenvalue weighted by molar-refractivity contribution is -0.154. The first-order valence-corrected chi connectivity index (χ1v) is 22.8. The van der Waals surface area contributed by atoms with E-state index in [-0.39, 0.29) is 13.0 Å². The Labute approximate surface area is 334 Å². The van der Waals surface area contributed by atoms with Crippen LogP contribution in [0.2, 0.25) is 0 Å². The van der Waals surface area contributed by atoms with Gasteiger partial charge in [-0.3, -0.25) is 18.6 Å². The van der Waals surface area contributed by atoms with E-state index in [2.05, 4.69) is 74.6 Å². The van der Waals surface area contributed by atoms with E-state index in [1.165, 1.54) is 57.8 Å². The molecule has 0 bridgehead atoms. The van der Waals surface area contributed by atoms with Crippen molar-refractivity contribution in [1.82, 2.24) is 0 Å². The minimum absolute atomic E-state index is 0.00176. The van der Waals surface area contributed by atoms with Crippen molar-refractivity contribution < 1.29 is 42.7 Å². The highest BCUT2D eigenvalue weighted by atomic mass is 31.2. The summed E-state index contributed by atoms with van der Waals surface area (Å²) in [5.74, 6) is -1.80. The Hall–Kier alpha value is -2.33. The molecule has 3 atom stereocenters. The molecule has 0 aromatic heterocycles. The molecule has 4 N–H and O–H groups in total. The van der Waals surface area contributed by atoms with Crippen LogP contribution in [0.15, 0.2) is 60.8 Å². The molecule has 0 saturated carbocycles. The maximum absolute atomic E-state index is 12.6. The molecular weight excluding hydrogens is 717 g/mol. The lowest BCUT2D eigenvalue weighted by Gasteiger charge is -2.20. The number of hydrogen-bond acceptors (Lipinski definition) is 8. The Morgan fingerprint density at radius 1 is 0.582 bits per heavy atom. The molecule has 0 spiro atoms. The van der Waals surface area contributed by atoms with E-state index in [1.54, 1.807) is 0 Å². The van der Waals surface area contributed by atoms with Gasteiger partial charge < -0.3 is 25.2 Å². The topological polar surface area (TPSA) is 155 Å². The number of nitrogens with two attached hydrogens (primary N) is 1. The molecule has 0 amide bonds. The first-order chi connectivity index (χ1) is 26.7. The maximum atomic E-state index is 12.6. The summed E-state index contributed by atoms with van der Waals surface area (Å²) in [5, 5.41) is 8.89. The Bertz CT molecular complexity index is 1100. The first-order valence-electron chi connectivity index (χ1n) is 21.3. The zero-order valence-corrected chi connectivity index (χ0v) is 35.4. The van der Waals surface area contributed by atoms with Crippen LogP contribution in [0.25, 0.3) is 0 Å². The van der Waals surface area contributed by atoms with Crippen LogP contribution in [0.4, 0.5) is 0 Å². The highest BCUT2D eigenvalue weighted by Crippen LogP contribution is 2.43. The summed E-state index contributed by atoms with van der Waals surface area (Å²) in [4.78, 5) is 33.5. The number of ether oxygens (including phenoxy) is 2. The van der Waals surface area contributed by atoms with Crippen molar-refractivity contribution >= 4 is 19.8 Å². The van der Waals surface area contributed by atoms with E-state index < -0.39 is 45.1 Å².